The predicted molar refractivity (Wildman–Crippen MR) is 65.8 cm³/mol. The second-order valence-corrected chi connectivity index (χ2v) is 4.06. The van der Waals surface area contributed by atoms with Crippen molar-refractivity contribution in [2.24, 2.45) is 0 Å². The van der Waals surface area contributed by atoms with Crippen LogP contribution in [0.5, 0.6) is 0 Å². The lowest BCUT2D eigenvalue weighted by Crippen LogP contribution is -2.16. The van der Waals surface area contributed by atoms with Crippen molar-refractivity contribution in [2.75, 3.05) is 11.1 Å². The summed E-state index contributed by atoms with van der Waals surface area (Å²) in [6.45, 7) is 4.02. The molecular weight excluding hydrogens is 223 g/mol. The van der Waals surface area contributed by atoms with E-state index in [2.05, 4.69) is 12.2 Å². The Balaban J connectivity index is 2.95. The van der Waals surface area contributed by atoms with Crippen LogP contribution in [0, 0.1) is 5.82 Å². The number of anilines is 2. The molecule has 1 aromatic carbocycles. The number of nitrogens with one attached hydrogen (secondary N) is 1. The second kappa shape index (κ2) is 5.52. The number of carbonyl (C=O) groups is 1. The lowest BCUT2D eigenvalue weighted by atomic mass is 10.1. The van der Waals surface area contributed by atoms with Crippen molar-refractivity contribution < 1.29 is 14.3 Å². The number of hydrogen-bond donors (Lipinski definition) is 3. The molecule has 1 aromatic rings. The van der Waals surface area contributed by atoms with E-state index in [0.717, 1.165) is 25.0 Å². The minimum Gasteiger partial charge on any atom is -0.478 e. The predicted octanol–water partition coefficient (Wildman–Crippen LogP) is 2.71. The first kappa shape index (κ1) is 13.3. The van der Waals surface area contributed by atoms with Crippen molar-refractivity contribution in [3.05, 3.63) is 23.5 Å². The van der Waals surface area contributed by atoms with Gasteiger partial charge in [-0.3, -0.25) is 0 Å². The van der Waals surface area contributed by atoms with Crippen molar-refractivity contribution >= 4 is 17.3 Å². The Hall–Kier alpha value is -1.78. The smallest absolute Gasteiger partial charge is 0.338 e. The van der Waals surface area contributed by atoms with Gasteiger partial charge in [0.2, 0.25) is 0 Å². The molecule has 1 rings (SSSR count). The summed E-state index contributed by atoms with van der Waals surface area (Å²) in [6, 6.07) is 2.43. The highest BCUT2D eigenvalue weighted by molar-refractivity contribution is 5.90. The number of rotatable bonds is 5. The highest BCUT2D eigenvalue weighted by Gasteiger charge is 2.14. The summed E-state index contributed by atoms with van der Waals surface area (Å²) in [5.41, 5.74) is 5.95. The zero-order valence-electron chi connectivity index (χ0n) is 9.96. The van der Waals surface area contributed by atoms with Crippen molar-refractivity contribution in [1.29, 1.82) is 0 Å². The van der Waals surface area contributed by atoms with Gasteiger partial charge in [-0.1, -0.05) is 13.3 Å². The number of benzene rings is 1. The number of halogens is 1. The maximum Gasteiger partial charge on any atom is 0.338 e. The zero-order valence-corrected chi connectivity index (χ0v) is 9.96. The van der Waals surface area contributed by atoms with E-state index in [1.54, 1.807) is 0 Å². The van der Waals surface area contributed by atoms with Crippen molar-refractivity contribution in [2.45, 2.75) is 32.7 Å². The van der Waals surface area contributed by atoms with Gasteiger partial charge >= 0.3 is 5.97 Å². The van der Waals surface area contributed by atoms with E-state index in [1.165, 1.54) is 0 Å². The molecule has 4 nitrogen and oxygen atoms in total. The van der Waals surface area contributed by atoms with Crippen LogP contribution >= 0.6 is 0 Å². The third kappa shape index (κ3) is 3.34. The van der Waals surface area contributed by atoms with Crippen LogP contribution < -0.4 is 11.1 Å². The number of nitrogens with two attached hydrogens (primary N) is 1. The van der Waals surface area contributed by atoms with E-state index >= 15 is 0 Å². The molecule has 0 heterocycles. The largest absolute Gasteiger partial charge is 0.478 e. The number of carboxylic acids is 1. The molecular formula is C12H17FN2O2. The summed E-state index contributed by atoms with van der Waals surface area (Å²) in [6.07, 6.45) is 1.94. The average molecular weight is 240 g/mol. The van der Waals surface area contributed by atoms with Gasteiger partial charge in [0.05, 0.1) is 16.9 Å². The summed E-state index contributed by atoms with van der Waals surface area (Å²) < 4.78 is 13.4. The molecule has 0 aliphatic rings. The maximum atomic E-state index is 13.4. The molecule has 5 heteroatoms. The molecule has 0 spiro atoms. The normalized spacial score (nSPS) is 12.2. The van der Waals surface area contributed by atoms with Crippen LogP contribution in [-0.2, 0) is 0 Å². The van der Waals surface area contributed by atoms with Crippen LogP contribution in [0.1, 0.15) is 37.0 Å². The molecule has 1 unspecified atom stereocenters. The topological polar surface area (TPSA) is 75.3 Å². The minimum atomic E-state index is -1.32. The van der Waals surface area contributed by atoms with Gasteiger partial charge in [-0.2, -0.15) is 0 Å². The van der Waals surface area contributed by atoms with E-state index in [1.807, 2.05) is 6.92 Å². The fraction of sp³-hybridized carbons (Fsp3) is 0.417. The van der Waals surface area contributed by atoms with E-state index in [-0.39, 0.29) is 11.7 Å². The molecule has 94 valence electrons. The first-order chi connectivity index (χ1) is 7.95. The van der Waals surface area contributed by atoms with E-state index in [0.29, 0.717) is 5.69 Å². The van der Waals surface area contributed by atoms with Crippen LogP contribution in [0.2, 0.25) is 0 Å². The van der Waals surface area contributed by atoms with Gasteiger partial charge in [0.25, 0.3) is 0 Å². The molecule has 0 bridgehead atoms. The molecule has 0 aliphatic heterocycles. The monoisotopic (exact) mass is 240 g/mol. The standard InChI is InChI=1S/C12H17FN2O2/c1-3-4-7(2)15-11-6-9(13)8(12(16)17)5-10(11)14/h5-7,15H,3-4,14H2,1-2H3,(H,16,17). The fourth-order valence-corrected chi connectivity index (χ4v) is 1.65. The summed E-state index contributed by atoms with van der Waals surface area (Å²) in [4.78, 5) is 10.7. The third-order valence-electron chi connectivity index (χ3n) is 2.49. The van der Waals surface area contributed by atoms with Crippen molar-refractivity contribution in [3.63, 3.8) is 0 Å². The summed E-state index contributed by atoms with van der Waals surface area (Å²) >= 11 is 0. The van der Waals surface area contributed by atoms with Crippen molar-refractivity contribution in [1.82, 2.24) is 0 Å². The average Bonchev–Trinajstić information content (AvgIpc) is 2.22. The molecule has 0 radical (unpaired) electrons. The number of carboxylic acid groups (broad SMARTS) is 1. The molecule has 0 saturated carbocycles. The van der Waals surface area contributed by atoms with E-state index in [9.17, 15) is 9.18 Å². The number of hydrogen-bond acceptors (Lipinski definition) is 3. The van der Waals surface area contributed by atoms with Crippen molar-refractivity contribution in [3.8, 4) is 0 Å². The van der Waals surface area contributed by atoms with Gasteiger partial charge in [0, 0.05) is 6.04 Å². The summed E-state index contributed by atoms with van der Waals surface area (Å²) in [5, 5.41) is 11.8. The molecule has 0 fully saturated rings. The van der Waals surface area contributed by atoms with Gasteiger partial charge in [-0.15, -0.1) is 0 Å². The summed E-state index contributed by atoms with van der Waals surface area (Å²) in [7, 11) is 0. The molecule has 0 aliphatic carbocycles. The Bertz CT molecular complexity index is 421. The highest BCUT2D eigenvalue weighted by Crippen LogP contribution is 2.24. The first-order valence-corrected chi connectivity index (χ1v) is 5.54. The van der Waals surface area contributed by atoms with Crippen LogP contribution in [0.25, 0.3) is 0 Å². The number of nitrogen functional groups attached to an aromatic ring is 1. The lowest BCUT2D eigenvalue weighted by molar-refractivity contribution is 0.0692. The van der Waals surface area contributed by atoms with Gasteiger partial charge in [0.1, 0.15) is 5.82 Å². The minimum absolute atomic E-state index is 0.164. The SMILES string of the molecule is CCCC(C)Nc1cc(F)c(C(=O)O)cc1N. The quantitative estimate of drug-likeness (QED) is 0.692. The molecule has 17 heavy (non-hydrogen) atoms. The van der Waals surface area contributed by atoms with Gasteiger partial charge in [-0.05, 0) is 25.5 Å². The Morgan fingerprint density at radius 2 is 2.24 bits per heavy atom. The van der Waals surface area contributed by atoms with Gasteiger partial charge in [-0.25, -0.2) is 9.18 Å². The van der Waals surface area contributed by atoms with Crippen LogP contribution in [0.4, 0.5) is 15.8 Å². The van der Waals surface area contributed by atoms with Gasteiger partial charge in [0.15, 0.2) is 0 Å². The Kier molecular flexibility index (Phi) is 4.31. The second-order valence-electron chi connectivity index (χ2n) is 4.06. The number of aromatic carboxylic acids is 1. The van der Waals surface area contributed by atoms with Crippen LogP contribution in [0.15, 0.2) is 12.1 Å². The third-order valence-corrected chi connectivity index (χ3v) is 2.49. The molecule has 0 aromatic heterocycles. The van der Waals surface area contributed by atoms with Gasteiger partial charge < -0.3 is 16.2 Å². The molecule has 0 saturated heterocycles. The van der Waals surface area contributed by atoms with E-state index < -0.39 is 17.3 Å². The van der Waals surface area contributed by atoms with Crippen LogP contribution in [0.3, 0.4) is 0 Å². The molecule has 4 N–H and O–H groups in total. The Labute approximate surface area is 99.6 Å². The first-order valence-electron chi connectivity index (χ1n) is 5.54. The zero-order chi connectivity index (χ0) is 13.0. The lowest BCUT2D eigenvalue weighted by Gasteiger charge is -2.16. The highest BCUT2D eigenvalue weighted by atomic mass is 19.1. The summed E-state index contributed by atoms with van der Waals surface area (Å²) in [5.74, 6) is -2.10. The molecule has 1 atom stereocenters. The van der Waals surface area contributed by atoms with Crippen LogP contribution in [-0.4, -0.2) is 17.1 Å². The fourth-order valence-electron chi connectivity index (χ4n) is 1.65. The molecule has 0 amide bonds. The Morgan fingerprint density at radius 3 is 2.76 bits per heavy atom. The Morgan fingerprint density at radius 1 is 1.59 bits per heavy atom. The maximum absolute atomic E-state index is 13.4. The van der Waals surface area contributed by atoms with E-state index in [4.69, 9.17) is 10.8 Å².